The number of hydrogen-bond donors (Lipinski definition) is 0. The molecule has 110 valence electrons. The fourth-order valence-corrected chi connectivity index (χ4v) is 2.64. The van der Waals surface area contributed by atoms with Gasteiger partial charge in [-0.25, -0.2) is 4.98 Å². The monoisotopic (exact) mass is 440 g/mol. The van der Waals surface area contributed by atoms with Crippen molar-refractivity contribution in [2.24, 2.45) is 0 Å². The summed E-state index contributed by atoms with van der Waals surface area (Å²) in [5, 5.41) is 10.8. The van der Waals surface area contributed by atoms with Crippen molar-refractivity contribution in [1.29, 1.82) is 0 Å². The number of nitrogens with zero attached hydrogens (tertiary/aromatic N) is 2. The number of nitro benzene ring substituents is 1. The summed E-state index contributed by atoms with van der Waals surface area (Å²) >= 11 is 14.0. The highest BCUT2D eigenvalue weighted by Crippen LogP contribution is 2.39. The molecule has 1 heterocycles. The molecule has 0 aliphatic heterocycles. The minimum atomic E-state index is -0.587. The Bertz CT molecular complexity index is 689. The molecule has 2 rings (SSSR count). The first kappa shape index (κ1) is 16.1. The molecule has 0 radical (unpaired) electrons. The smallest absolute Gasteiger partial charge is 0.272 e. The van der Waals surface area contributed by atoms with Gasteiger partial charge in [-0.2, -0.15) is 0 Å². The predicted molar refractivity (Wildman–Crippen MR) is 86.7 cm³/mol. The maximum Gasteiger partial charge on any atom is 0.272 e. The molecule has 1 aromatic heterocycles. The zero-order valence-electron chi connectivity index (χ0n) is 10.5. The Morgan fingerprint density at radius 1 is 1.29 bits per heavy atom. The van der Waals surface area contributed by atoms with Crippen molar-refractivity contribution in [2.75, 3.05) is 7.11 Å². The quantitative estimate of drug-likeness (QED) is 0.391. The van der Waals surface area contributed by atoms with Crippen LogP contribution in [0.25, 0.3) is 0 Å². The Hall–Kier alpha value is -1.32. The molecule has 0 saturated carbocycles. The van der Waals surface area contributed by atoms with E-state index in [0.29, 0.717) is 5.75 Å². The van der Waals surface area contributed by atoms with Crippen LogP contribution in [-0.2, 0) is 0 Å². The summed E-state index contributed by atoms with van der Waals surface area (Å²) < 4.78 is 11.4. The summed E-state index contributed by atoms with van der Waals surface area (Å²) in [5.41, 5.74) is -0.213. The highest BCUT2D eigenvalue weighted by Gasteiger charge is 2.17. The molecule has 0 saturated heterocycles. The maximum atomic E-state index is 10.7. The maximum absolute atomic E-state index is 10.7. The van der Waals surface area contributed by atoms with Gasteiger partial charge < -0.3 is 9.47 Å². The van der Waals surface area contributed by atoms with E-state index in [0.717, 1.165) is 15.7 Å². The topological polar surface area (TPSA) is 74.5 Å². The van der Waals surface area contributed by atoms with Crippen LogP contribution in [0.2, 0.25) is 10.0 Å². The molecule has 0 atom stereocenters. The first-order chi connectivity index (χ1) is 9.92. The fraction of sp³-hybridized carbons (Fsp3) is 0.0833. The van der Waals surface area contributed by atoms with E-state index >= 15 is 0 Å². The summed E-state index contributed by atoms with van der Waals surface area (Å²) in [6, 6.07) is 3.96. The van der Waals surface area contributed by atoms with Gasteiger partial charge in [-0.05, 0) is 22.6 Å². The van der Waals surface area contributed by atoms with Crippen molar-refractivity contribution in [3.05, 3.63) is 48.1 Å². The van der Waals surface area contributed by atoms with Crippen molar-refractivity contribution < 1.29 is 14.4 Å². The molecular weight excluding hydrogens is 434 g/mol. The minimum Gasteiger partial charge on any atom is -0.494 e. The van der Waals surface area contributed by atoms with E-state index in [1.165, 1.54) is 13.3 Å². The number of ether oxygens (including phenoxy) is 2. The van der Waals surface area contributed by atoms with Gasteiger partial charge in [-0.1, -0.05) is 23.2 Å². The second-order valence-corrected chi connectivity index (χ2v) is 5.73. The summed E-state index contributed by atoms with van der Waals surface area (Å²) in [5.74, 6) is 0.957. The number of nitro groups is 1. The number of rotatable bonds is 4. The van der Waals surface area contributed by atoms with E-state index in [9.17, 15) is 10.1 Å². The average molecular weight is 441 g/mol. The zero-order chi connectivity index (χ0) is 15.6. The molecule has 0 spiro atoms. The largest absolute Gasteiger partial charge is 0.494 e. The third kappa shape index (κ3) is 3.66. The summed E-state index contributed by atoms with van der Waals surface area (Å²) in [6.45, 7) is 0. The van der Waals surface area contributed by atoms with Gasteiger partial charge in [-0.3, -0.25) is 10.1 Å². The van der Waals surface area contributed by atoms with E-state index in [-0.39, 0.29) is 27.4 Å². The van der Waals surface area contributed by atoms with Crippen LogP contribution >= 0.6 is 45.8 Å². The third-order valence-electron chi connectivity index (χ3n) is 2.42. The second kappa shape index (κ2) is 6.63. The van der Waals surface area contributed by atoms with E-state index in [1.807, 2.05) is 0 Å². The molecule has 6 nitrogen and oxygen atoms in total. The Morgan fingerprint density at radius 2 is 1.90 bits per heavy atom. The van der Waals surface area contributed by atoms with Gasteiger partial charge in [0.2, 0.25) is 5.88 Å². The van der Waals surface area contributed by atoms with Crippen LogP contribution in [0, 0.1) is 13.7 Å². The number of aromatic nitrogens is 1. The molecule has 0 aliphatic rings. The van der Waals surface area contributed by atoms with E-state index < -0.39 is 4.92 Å². The summed E-state index contributed by atoms with van der Waals surface area (Å²) in [7, 11) is 1.53. The molecular formula is C12H7Cl2IN2O4. The molecule has 0 amide bonds. The van der Waals surface area contributed by atoms with E-state index in [4.69, 9.17) is 32.7 Å². The minimum absolute atomic E-state index is 0.0295. The second-order valence-electron chi connectivity index (χ2n) is 3.75. The molecule has 1 aromatic carbocycles. The van der Waals surface area contributed by atoms with Crippen molar-refractivity contribution in [1.82, 2.24) is 4.98 Å². The van der Waals surface area contributed by atoms with Crippen LogP contribution in [0.4, 0.5) is 5.69 Å². The standard InChI is InChI=1S/C12H7Cl2IN2O4/c1-20-10-5-16-11(4-9(10)15)21-12-7(13)2-6(17(18)19)3-8(12)14/h2-5H,1H3. The summed E-state index contributed by atoms with van der Waals surface area (Å²) in [6.07, 6.45) is 1.49. The Balaban J connectivity index is 2.35. The number of non-ortho nitro benzene ring substituents is 1. The van der Waals surface area contributed by atoms with Gasteiger partial charge in [-0.15, -0.1) is 0 Å². The van der Waals surface area contributed by atoms with Crippen molar-refractivity contribution in [3.63, 3.8) is 0 Å². The first-order valence-electron chi connectivity index (χ1n) is 5.43. The van der Waals surface area contributed by atoms with Gasteiger partial charge >= 0.3 is 0 Å². The lowest BCUT2D eigenvalue weighted by Gasteiger charge is -2.10. The molecule has 2 aromatic rings. The third-order valence-corrected chi connectivity index (χ3v) is 3.82. The molecule has 9 heteroatoms. The Labute approximate surface area is 143 Å². The van der Waals surface area contributed by atoms with Crippen molar-refractivity contribution >= 4 is 51.5 Å². The highest BCUT2D eigenvalue weighted by atomic mass is 127. The molecule has 0 bridgehead atoms. The van der Waals surface area contributed by atoms with Crippen LogP contribution in [0.1, 0.15) is 0 Å². The van der Waals surface area contributed by atoms with Crippen molar-refractivity contribution in [2.45, 2.75) is 0 Å². The normalized spacial score (nSPS) is 10.3. The first-order valence-corrected chi connectivity index (χ1v) is 7.26. The Kier molecular flexibility index (Phi) is 5.07. The Morgan fingerprint density at radius 3 is 2.38 bits per heavy atom. The average Bonchev–Trinajstić information content (AvgIpc) is 2.42. The lowest BCUT2D eigenvalue weighted by Crippen LogP contribution is -1.95. The number of halogens is 3. The molecule has 21 heavy (non-hydrogen) atoms. The number of benzene rings is 1. The van der Waals surface area contributed by atoms with Gasteiger partial charge in [0.25, 0.3) is 5.69 Å². The lowest BCUT2D eigenvalue weighted by atomic mass is 10.3. The van der Waals surface area contributed by atoms with Crippen molar-refractivity contribution in [3.8, 4) is 17.4 Å². The SMILES string of the molecule is COc1cnc(Oc2c(Cl)cc([N+](=O)[O-])cc2Cl)cc1I. The highest BCUT2D eigenvalue weighted by molar-refractivity contribution is 14.1. The van der Waals surface area contributed by atoms with Crippen LogP contribution < -0.4 is 9.47 Å². The molecule has 0 unspecified atom stereocenters. The van der Waals surface area contributed by atoms with Gasteiger partial charge in [0, 0.05) is 18.2 Å². The predicted octanol–water partition coefficient (Wildman–Crippen LogP) is 4.70. The van der Waals surface area contributed by atoms with Crippen LogP contribution in [0.3, 0.4) is 0 Å². The van der Waals surface area contributed by atoms with Crippen LogP contribution in [0.15, 0.2) is 24.4 Å². The van der Waals surface area contributed by atoms with Gasteiger partial charge in [0.15, 0.2) is 11.5 Å². The molecule has 0 aliphatic carbocycles. The van der Waals surface area contributed by atoms with E-state index in [2.05, 4.69) is 27.6 Å². The van der Waals surface area contributed by atoms with Gasteiger partial charge in [0.1, 0.15) is 0 Å². The number of pyridine rings is 1. The van der Waals surface area contributed by atoms with Crippen LogP contribution in [0.5, 0.6) is 17.4 Å². The fourth-order valence-electron chi connectivity index (χ4n) is 1.46. The molecule has 0 fully saturated rings. The molecule has 0 N–H and O–H groups in total. The number of methoxy groups -OCH3 is 1. The van der Waals surface area contributed by atoms with E-state index in [1.54, 1.807) is 6.07 Å². The number of hydrogen-bond acceptors (Lipinski definition) is 5. The lowest BCUT2D eigenvalue weighted by molar-refractivity contribution is -0.384. The summed E-state index contributed by atoms with van der Waals surface area (Å²) in [4.78, 5) is 14.2. The van der Waals surface area contributed by atoms with Crippen LogP contribution in [-0.4, -0.2) is 17.0 Å². The van der Waals surface area contributed by atoms with Gasteiger partial charge in [0.05, 0.1) is 31.8 Å². The zero-order valence-corrected chi connectivity index (χ0v) is 14.1.